The van der Waals surface area contributed by atoms with E-state index < -0.39 is 0 Å². The van der Waals surface area contributed by atoms with E-state index >= 15 is 0 Å². The summed E-state index contributed by atoms with van der Waals surface area (Å²) >= 11 is 0. The molecule has 0 spiro atoms. The second kappa shape index (κ2) is 5.75. The third-order valence-electron chi connectivity index (χ3n) is 2.15. The number of benzene rings is 1. The highest BCUT2D eigenvalue weighted by Gasteiger charge is 2.11. The van der Waals surface area contributed by atoms with Crippen molar-refractivity contribution in [1.82, 2.24) is 0 Å². The molecular formula is C13H21NO2. The van der Waals surface area contributed by atoms with Gasteiger partial charge in [-0.3, -0.25) is 0 Å². The van der Waals surface area contributed by atoms with Crippen LogP contribution in [-0.4, -0.2) is 18.8 Å². The molecule has 1 aromatic carbocycles. The van der Waals surface area contributed by atoms with Gasteiger partial charge in [-0.2, -0.15) is 0 Å². The van der Waals surface area contributed by atoms with Crippen molar-refractivity contribution in [2.75, 3.05) is 13.2 Å². The molecule has 0 bridgehead atoms. The fourth-order valence-corrected chi connectivity index (χ4v) is 1.27. The van der Waals surface area contributed by atoms with Gasteiger partial charge in [0.05, 0.1) is 13.2 Å². The average molecular weight is 223 g/mol. The van der Waals surface area contributed by atoms with Crippen molar-refractivity contribution in [3.63, 3.8) is 0 Å². The summed E-state index contributed by atoms with van der Waals surface area (Å²) in [5, 5.41) is 0. The molecule has 0 fully saturated rings. The van der Waals surface area contributed by atoms with Gasteiger partial charge >= 0.3 is 0 Å². The van der Waals surface area contributed by atoms with Gasteiger partial charge in [0, 0.05) is 5.54 Å². The van der Waals surface area contributed by atoms with Gasteiger partial charge in [0.1, 0.15) is 0 Å². The van der Waals surface area contributed by atoms with Crippen LogP contribution in [0.5, 0.6) is 11.5 Å². The first kappa shape index (κ1) is 12.8. The normalized spacial score (nSPS) is 11.2. The molecule has 0 saturated carbocycles. The number of hydrogen-bond acceptors (Lipinski definition) is 3. The van der Waals surface area contributed by atoms with Crippen LogP contribution in [0.4, 0.5) is 0 Å². The van der Waals surface area contributed by atoms with E-state index in [0.29, 0.717) is 13.2 Å². The van der Waals surface area contributed by atoms with E-state index in [0.717, 1.165) is 17.9 Å². The lowest BCUT2D eigenvalue weighted by molar-refractivity contribution is 0.252. The average Bonchev–Trinajstić information content (AvgIpc) is 2.19. The van der Waals surface area contributed by atoms with Crippen LogP contribution in [0.2, 0.25) is 0 Å². The van der Waals surface area contributed by atoms with Crippen LogP contribution >= 0.6 is 0 Å². The van der Waals surface area contributed by atoms with Gasteiger partial charge in [-0.1, -0.05) is 12.1 Å². The lowest BCUT2D eigenvalue weighted by Crippen LogP contribution is -2.33. The van der Waals surface area contributed by atoms with E-state index in [4.69, 9.17) is 15.2 Å². The molecule has 0 atom stereocenters. The summed E-state index contributed by atoms with van der Waals surface area (Å²) in [6, 6.07) is 7.69. The summed E-state index contributed by atoms with van der Waals surface area (Å²) in [6.07, 6.45) is 0.813. The van der Waals surface area contributed by atoms with Crippen molar-refractivity contribution in [2.45, 2.75) is 32.7 Å². The highest BCUT2D eigenvalue weighted by molar-refractivity contribution is 5.39. The summed E-state index contributed by atoms with van der Waals surface area (Å²) in [4.78, 5) is 0. The lowest BCUT2D eigenvalue weighted by Gasteiger charge is -2.19. The monoisotopic (exact) mass is 223 g/mol. The Morgan fingerprint density at radius 2 is 1.69 bits per heavy atom. The van der Waals surface area contributed by atoms with Crippen LogP contribution in [-0.2, 0) is 0 Å². The fourth-order valence-electron chi connectivity index (χ4n) is 1.27. The van der Waals surface area contributed by atoms with E-state index in [1.807, 2.05) is 45.0 Å². The predicted molar refractivity (Wildman–Crippen MR) is 66.0 cm³/mol. The lowest BCUT2D eigenvalue weighted by atomic mass is 10.0. The summed E-state index contributed by atoms with van der Waals surface area (Å²) in [5.41, 5.74) is 5.69. The Morgan fingerprint density at radius 3 is 2.19 bits per heavy atom. The van der Waals surface area contributed by atoms with Crippen LogP contribution < -0.4 is 15.2 Å². The Bertz CT molecular complexity index is 318. The smallest absolute Gasteiger partial charge is 0.161 e. The van der Waals surface area contributed by atoms with E-state index in [2.05, 4.69) is 0 Å². The van der Waals surface area contributed by atoms with Crippen molar-refractivity contribution in [1.29, 1.82) is 0 Å². The number of hydrogen-bond donors (Lipinski definition) is 1. The Morgan fingerprint density at radius 1 is 1.12 bits per heavy atom. The zero-order valence-electron chi connectivity index (χ0n) is 10.3. The van der Waals surface area contributed by atoms with Crippen molar-refractivity contribution in [3.8, 4) is 11.5 Å². The molecule has 3 heteroatoms. The third-order valence-corrected chi connectivity index (χ3v) is 2.15. The summed E-state index contributed by atoms with van der Waals surface area (Å²) in [7, 11) is 0. The highest BCUT2D eigenvalue weighted by Crippen LogP contribution is 2.26. The zero-order chi connectivity index (χ0) is 12.0. The number of rotatable bonds is 6. The highest BCUT2D eigenvalue weighted by atomic mass is 16.5. The summed E-state index contributed by atoms with van der Waals surface area (Å²) in [5.74, 6) is 1.58. The SMILES string of the molecule is CCOc1ccccc1OCCC(C)(C)N. The van der Waals surface area contributed by atoms with Gasteiger partial charge in [0.2, 0.25) is 0 Å². The van der Waals surface area contributed by atoms with Gasteiger partial charge in [0.25, 0.3) is 0 Å². The Balaban J connectivity index is 2.52. The topological polar surface area (TPSA) is 44.5 Å². The van der Waals surface area contributed by atoms with Crippen molar-refractivity contribution < 1.29 is 9.47 Å². The van der Waals surface area contributed by atoms with E-state index in [1.54, 1.807) is 0 Å². The van der Waals surface area contributed by atoms with Gasteiger partial charge < -0.3 is 15.2 Å². The maximum absolute atomic E-state index is 5.89. The van der Waals surface area contributed by atoms with Crippen molar-refractivity contribution in [3.05, 3.63) is 24.3 Å². The Kier molecular flexibility index (Phi) is 4.62. The molecule has 2 N–H and O–H groups in total. The molecule has 0 aliphatic carbocycles. The minimum atomic E-state index is -0.194. The number of ether oxygens (including phenoxy) is 2. The zero-order valence-corrected chi connectivity index (χ0v) is 10.3. The predicted octanol–water partition coefficient (Wildman–Crippen LogP) is 2.59. The molecular weight excluding hydrogens is 202 g/mol. The fraction of sp³-hybridized carbons (Fsp3) is 0.538. The maximum atomic E-state index is 5.89. The molecule has 1 rings (SSSR count). The van der Waals surface area contributed by atoms with Crippen molar-refractivity contribution in [2.24, 2.45) is 5.73 Å². The first-order valence-corrected chi connectivity index (χ1v) is 5.66. The molecule has 0 heterocycles. The van der Waals surface area contributed by atoms with E-state index in [-0.39, 0.29) is 5.54 Å². The molecule has 0 unspecified atom stereocenters. The second-order valence-electron chi connectivity index (χ2n) is 4.47. The number of para-hydroxylation sites is 2. The molecule has 90 valence electrons. The molecule has 0 aliphatic rings. The third kappa shape index (κ3) is 4.53. The molecule has 0 radical (unpaired) electrons. The first-order chi connectivity index (χ1) is 7.53. The van der Waals surface area contributed by atoms with Gasteiger partial charge in [-0.05, 0) is 39.3 Å². The molecule has 0 aromatic heterocycles. The van der Waals surface area contributed by atoms with Crippen LogP contribution in [0.15, 0.2) is 24.3 Å². The largest absolute Gasteiger partial charge is 0.490 e. The minimum absolute atomic E-state index is 0.194. The maximum Gasteiger partial charge on any atom is 0.161 e. The minimum Gasteiger partial charge on any atom is -0.490 e. The van der Waals surface area contributed by atoms with Gasteiger partial charge in [-0.25, -0.2) is 0 Å². The first-order valence-electron chi connectivity index (χ1n) is 5.66. The second-order valence-corrected chi connectivity index (χ2v) is 4.47. The summed E-state index contributed by atoms with van der Waals surface area (Å²) in [6.45, 7) is 7.19. The Labute approximate surface area is 97.6 Å². The molecule has 1 aromatic rings. The molecule has 0 saturated heterocycles. The Hall–Kier alpha value is -1.22. The van der Waals surface area contributed by atoms with Gasteiger partial charge in [0.15, 0.2) is 11.5 Å². The van der Waals surface area contributed by atoms with Crippen LogP contribution in [0.25, 0.3) is 0 Å². The molecule has 3 nitrogen and oxygen atoms in total. The van der Waals surface area contributed by atoms with Crippen LogP contribution in [0.1, 0.15) is 27.2 Å². The van der Waals surface area contributed by atoms with E-state index in [1.165, 1.54) is 0 Å². The molecule has 16 heavy (non-hydrogen) atoms. The number of nitrogens with two attached hydrogens (primary N) is 1. The molecule has 0 amide bonds. The standard InChI is InChI=1S/C13H21NO2/c1-4-15-11-7-5-6-8-12(11)16-10-9-13(2,3)14/h5-8H,4,9-10,14H2,1-3H3. The van der Waals surface area contributed by atoms with Crippen LogP contribution in [0.3, 0.4) is 0 Å². The van der Waals surface area contributed by atoms with Crippen LogP contribution in [0, 0.1) is 0 Å². The summed E-state index contributed by atoms with van der Waals surface area (Å²) < 4.78 is 11.1. The van der Waals surface area contributed by atoms with Gasteiger partial charge in [-0.15, -0.1) is 0 Å². The van der Waals surface area contributed by atoms with Crippen molar-refractivity contribution >= 4 is 0 Å². The quantitative estimate of drug-likeness (QED) is 0.806. The molecule has 0 aliphatic heterocycles. The van der Waals surface area contributed by atoms with E-state index in [9.17, 15) is 0 Å².